The molecule has 0 radical (unpaired) electrons. The smallest absolute Gasteiger partial charge is 0.0148 e. The zero-order valence-electron chi connectivity index (χ0n) is 7.22. The van der Waals surface area contributed by atoms with Gasteiger partial charge in [-0.05, 0) is 49.9 Å². The Hall–Kier alpha value is 0.480. The molecule has 0 aromatic heterocycles. The minimum atomic E-state index is 0.837. The van der Waals surface area contributed by atoms with Crippen molar-refractivity contribution in [1.82, 2.24) is 0 Å². The monoisotopic (exact) mass is 216 g/mol. The molecule has 0 bridgehead atoms. The molecule has 0 aromatic carbocycles. The fourth-order valence-corrected chi connectivity index (χ4v) is 3.18. The number of hydrogen-bond acceptors (Lipinski definition) is 0. The molecule has 1 heteroatoms. The van der Waals surface area contributed by atoms with Crippen molar-refractivity contribution in [3.63, 3.8) is 0 Å². The van der Waals surface area contributed by atoms with Gasteiger partial charge in [-0.15, -0.1) is 0 Å². The van der Waals surface area contributed by atoms with Crippen molar-refractivity contribution >= 4 is 15.9 Å². The van der Waals surface area contributed by atoms with Gasteiger partial charge in [0.15, 0.2) is 0 Å². The molecule has 0 aromatic rings. The zero-order chi connectivity index (χ0) is 7.84. The van der Waals surface area contributed by atoms with Crippen LogP contribution in [-0.4, -0.2) is 4.83 Å². The zero-order valence-corrected chi connectivity index (χ0v) is 8.81. The highest BCUT2D eigenvalue weighted by Crippen LogP contribution is 2.47. The summed E-state index contributed by atoms with van der Waals surface area (Å²) < 4.78 is 0. The largest absolute Gasteiger partial charge is 0.0891 e. The van der Waals surface area contributed by atoms with E-state index < -0.39 is 0 Å². The minimum Gasteiger partial charge on any atom is -0.0891 e. The molecular weight excluding hydrogens is 200 g/mol. The van der Waals surface area contributed by atoms with Crippen LogP contribution in [0.25, 0.3) is 0 Å². The highest BCUT2D eigenvalue weighted by atomic mass is 79.9. The van der Waals surface area contributed by atoms with Crippen LogP contribution in [0.4, 0.5) is 0 Å². The van der Waals surface area contributed by atoms with Crippen molar-refractivity contribution in [2.75, 3.05) is 0 Å². The molecule has 2 rings (SSSR count). The maximum Gasteiger partial charge on any atom is 0.0148 e. The first-order valence-corrected chi connectivity index (χ1v) is 5.83. The molecule has 0 saturated heterocycles. The van der Waals surface area contributed by atoms with E-state index in [9.17, 15) is 0 Å². The van der Waals surface area contributed by atoms with Crippen molar-refractivity contribution in [2.24, 2.45) is 17.8 Å². The van der Waals surface area contributed by atoms with E-state index in [0.29, 0.717) is 0 Å². The highest BCUT2D eigenvalue weighted by molar-refractivity contribution is 9.09. The molecule has 3 atom stereocenters. The van der Waals surface area contributed by atoms with Crippen LogP contribution in [0, 0.1) is 17.8 Å². The van der Waals surface area contributed by atoms with Gasteiger partial charge >= 0.3 is 0 Å². The van der Waals surface area contributed by atoms with Gasteiger partial charge in [0.05, 0.1) is 0 Å². The number of halogens is 1. The fraction of sp³-hybridized carbons (Fsp3) is 1.00. The van der Waals surface area contributed by atoms with E-state index in [1.807, 2.05) is 0 Å². The second-order valence-electron chi connectivity index (χ2n) is 4.39. The molecule has 2 aliphatic rings. The summed E-state index contributed by atoms with van der Waals surface area (Å²) in [6.07, 6.45) is 7.36. The average Bonchev–Trinajstić information content (AvgIpc) is 2.76. The summed E-state index contributed by atoms with van der Waals surface area (Å²) in [7, 11) is 0. The number of rotatable bonds is 1. The topological polar surface area (TPSA) is 0 Å². The third kappa shape index (κ3) is 1.80. The second-order valence-corrected chi connectivity index (χ2v) is 5.68. The summed E-state index contributed by atoms with van der Waals surface area (Å²) in [6, 6.07) is 0. The van der Waals surface area contributed by atoms with Crippen molar-refractivity contribution in [3.05, 3.63) is 0 Å². The lowest BCUT2D eigenvalue weighted by Gasteiger charge is -2.31. The standard InChI is InChI=1S/C10H17Br/c1-7-2-5-9(11)6-10(7)8-3-4-8/h7-10H,2-6H2,1H3. The van der Waals surface area contributed by atoms with E-state index in [2.05, 4.69) is 22.9 Å². The first-order chi connectivity index (χ1) is 5.27. The molecule has 0 aliphatic heterocycles. The summed E-state index contributed by atoms with van der Waals surface area (Å²) in [5.74, 6) is 3.19. The van der Waals surface area contributed by atoms with E-state index in [0.717, 1.165) is 22.6 Å². The molecule has 11 heavy (non-hydrogen) atoms. The molecular formula is C10H17Br. The van der Waals surface area contributed by atoms with Gasteiger partial charge in [0.2, 0.25) is 0 Å². The van der Waals surface area contributed by atoms with Crippen LogP contribution in [0.1, 0.15) is 39.0 Å². The summed E-state index contributed by atoms with van der Waals surface area (Å²) in [5.41, 5.74) is 0. The summed E-state index contributed by atoms with van der Waals surface area (Å²) in [6.45, 7) is 2.45. The maximum absolute atomic E-state index is 3.75. The Morgan fingerprint density at radius 2 is 1.82 bits per heavy atom. The van der Waals surface area contributed by atoms with Gasteiger partial charge in [0, 0.05) is 4.83 Å². The molecule has 0 amide bonds. The first-order valence-electron chi connectivity index (χ1n) is 4.91. The van der Waals surface area contributed by atoms with Crippen LogP contribution in [0.3, 0.4) is 0 Å². The van der Waals surface area contributed by atoms with Gasteiger partial charge in [-0.2, -0.15) is 0 Å². The Labute approximate surface area is 77.9 Å². The van der Waals surface area contributed by atoms with Crippen molar-refractivity contribution < 1.29 is 0 Å². The molecule has 2 saturated carbocycles. The minimum absolute atomic E-state index is 0.837. The lowest BCUT2D eigenvalue weighted by molar-refractivity contribution is 0.235. The molecule has 0 N–H and O–H groups in total. The second kappa shape index (κ2) is 3.08. The molecule has 0 nitrogen and oxygen atoms in total. The van der Waals surface area contributed by atoms with Crippen LogP contribution in [0.2, 0.25) is 0 Å². The molecule has 3 unspecified atom stereocenters. The van der Waals surface area contributed by atoms with E-state index >= 15 is 0 Å². The van der Waals surface area contributed by atoms with Crippen molar-refractivity contribution in [3.8, 4) is 0 Å². The maximum atomic E-state index is 3.75. The van der Waals surface area contributed by atoms with E-state index in [1.54, 1.807) is 0 Å². The molecule has 64 valence electrons. The quantitative estimate of drug-likeness (QED) is 0.588. The van der Waals surface area contributed by atoms with Gasteiger partial charge in [0.25, 0.3) is 0 Å². The normalized spacial score (nSPS) is 45.8. The van der Waals surface area contributed by atoms with E-state index in [-0.39, 0.29) is 0 Å². The lowest BCUT2D eigenvalue weighted by atomic mass is 9.77. The van der Waals surface area contributed by atoms with Crippen LogP contribution < -0.4 is 0 Å². The summed E-state index contributed by atoms with van der Waals surface area (Å²) in [4.78, 5) is 0.837. The van der Waals surface area contributed by atoms with Gasteiger partial charge in [-0.3, -0.25) is 0 Å². The number of alkyl halides is 1. The van der Waals surface area contributed by atoms with Crippen molar-refractivity contribution in [1.29, 1.82) is 0 Å². The number of hydrogen-bond donors (Lipinski definition) is 0. The molecule has 2 aliphatic carbocycles. The van der Waals surface area contributed by atoms with Crippen LogP contribution >= 0.6 is 15.9 Å². The Morgan fingerprint density at radius 1 is 1.09 bits per heavy atom. The first kappa shape index (κ1) is 8.10. The van der Waals surface area contributed by atoms with Crippen LogP contribution in [0.15, 0.2) is 0 Å². The molecule has 0 heterocycles. The Balaban J connectivity index is 1.93. The predicted molar refractivity (Wildman–Crippen MR) is 51.9 cm³/mol. The van der Waals surface area contributed by atoms with Crippen molar-refractivity contribution in [2.45, 2.75) is 43.9 Å². The third-order valence-electron chi connectivity index (χ3n) is 3.42. The summed E-state index contributed by atoms with van der Waals surface area (Å²) >= 11 is 3.75. The van der Waals surface area contributed by atoms with Gasteiger partial charge < -0.3 is 0 Å². The van der Waals surface area contributed by atoms with E-state index in [1.165, 1.54) is 32.1 Å². The lowest BCUT2D eigenvalue weighted by Crippen LogP contribution is -2.24. The third-order valence-corrected chi connectivity index (χ3v) is 4.25. The Kier molecular flexibility index (Phi) is 2.27. The fourth-order valence-electron chi connectivity index (χ4n) is 2.48. The average molecular weight is 217 g/mol. The van der Waals surface area contributed by atoms with E-state index in [4.69, 9.17) is 0 Å². The Bertz CT molecular complexity index is 140. The molecule has 2 fully saturated rings. The van der Waals surface area contributed by atoms with Gasteiger partial charge in [-0.1, -0.05) is 22.9 Å². The van der Waals surface area contributed by atoms with Gasteiger partial charge in [0.1, 0.15) is 0 Å². The predicted octanol–water partition coefficient (Wildman–Crippen LogP) is 3.60. The van der Waals surface area contributed by atoms with Crippen LogP contribution in [-0.2, 0) is 0 Å². The molecule has 0 spiro atoms. The van der Waals surface area contributed by atoms with Crippen LogP contribution in [0.5, 0.6) is 0 Å². The summed E-state index contributed by atoms with van der Waals surface area (Å²) in [5, 5.41) is 0. The highest BCUT2D eigenvalue weighted by Gasteiger charge is 2.37. The van der Waals surface area contributed by atoms with Gasteiger partial charge in [-0.25, -0.2) is 0 Å². The Morgan fingerprint density at radius 3 is 2.45 bits per heavy atom. The SMILES string of the molecule is CC1CCC(Br)CC1C1CC1.